The average Bonchev–Trinajstić information content (AvgIpc) is 2.78. The summed E-state index contributed by atoms with van der Waals surface area (Å²) in [6, 6.07) is 13.0. The van der Waals surface area contributed by atoms with Gasteiger partial charge in [-0.1, -0.05) is 24.3 Å². The Labute approximate surface area is 184 Å². The smallest absolute Gasteiger partial charge is 0.344 e. The van der Waals surface area contributed by atoms with Crippen LogP contribution in [-0.2, 0) is 0 Å². The van der Waals surface area contributed by atoms with Gasteiger partial charge >= 0.3 is 5.63 Å². The van der Waals surface area contributed by atoms with Gasteiger partial charge in [0.2, 0.25) is 11.6 Å². The normalized spacial score (nSPS) is 11.0. The molecule has 0 aliphatic heterocycles. The first-order valence-electron chi connectivity index (χ1n) is 9.58. The summed E-state index contributed by atoms with van der Waals surface area (Å²) in [6.07, 6.45) is 0. The Morgan fingerprint density at radius 3 is 2.21 bits per heavy atom. The molecule has 168 valence electrons. The SMILES string of the molecule is COc1c(F)c(F)c(C(=O)Nc2ccc(-c3cc4ccccc4oc3=O)c(C)c2)c(F)c1F. The highest BCUT2D eigenvalue weighted by atomic mass is 19.2. The molecule has 0 saturated carbocycles. The van der Waals surface area contributed by atoms with Crippen molar-refractivity contribution >= 4 is 22.6 Å². The van der Waals surface area contributed by atoms with Crippen LogP contribution in [0.1, 0.15) is 15.9 Å². The second-order valence-corrected chi connectivity index (χ2v) is 7.13. The van der Waals surface area contributed by atoms with Gasteiger partial charge in [-0.25, -0.2) is 13.6 Å². The highest BCUT2D eigenvalue weighted by Gasteiger charge is 2.30. The van der Waals surface area contributed by atoms with Crippen molar-refractivity contribution in [1.29, 1.82) is 0 Å². The molecular formula is C24H15F4NO4. The Kier molecular flexibility index (Phi) is 5.63. The number of amides is 1. The van der Waals surface area contributed by atoms with E-state index in [0.717, 1.165) is 7.11 Å². The molecule has 0 aliphatic rings. The Morgan fingerprint density at radius 2 is 1.58 bits per heavy atom. The summed E-state index contributed by atoms with van der Waals surface area (Å²) in [5, 5.41) is 2.91. The second kappa shape index (κ2) is 8.42. The van der Waals surface area contributed by atoms with Crippen LogP contribution in [0, 0.1) is 30.2 Å². The molecule has 0 radical (unpaired) electrons. The molecule has 0 atom stereocenters. The zero-order chi connectivity index (χ0) is 23.9. The third-order valence-electron chi connectivity index (χ3n) is 5.07. The van der Waals surface area contributed by atoms with Gasteiger partial charge in [0, 0.05) is 11.1 Å². The van der Waals surface area contributed by atoms with Crippen LogP contribution in [0.3, 0.4) is 0 Å². The van der Waals surface area contributed by atoms with Crippen molar-refractivity contribution in [2.45, 2.75) is 6.92 Å². The van der Waals surface area contributed by atoms with Gasteiger partial charge in [0.25, 0.3) is 5.91 Å². The van der Waals surface area contributed by atoms with Crippen molar-refractivity contribution in [1.82, 2.24) is 0 Å². The number of hydrogen-bond donors (Lipinski definition) is 1. The highest BCUT2D eigenvalue weighted by Crippen LogP contribution is 2.31. The van der Waals surface area contributed by atoms with Gasteiger partial charge in [-0.3, -0.25) is 4.79 Å². The van der Waals surface area contributed by atoms with Crippen molar-refractivity contribution in [2.75, 3.05) is 12.4 Å². The number of nitrogens with one attached hydrogen (secondary N) is 1. The van der Waals surface area contributed by atoms with Gasteiger partial charge in [0.15, 0.2) is 17.4 Å². The van der Waals surface area contributed by atoms with Crippen LogP contribution in [0.2, 0.25) is 0 Å². The van der Waals surface area contributed by atoms with Gasteiger partial charge in [0.05, 0.1) is 12.7 Å². The monoisotopic (exact) mass is 457 g/mol. The fourth-order valence-corrected chi connectivity index (χ4v) is 3.48. The second-order valence-electron chi connectivity index (χ2n) is 7.13. The number of carbonyl (C=O) groups excluding carboxylic acids is 1. The lowest BCUT2D eigenvalue weighted by Crippen LogP contribution is -2.19. The number of para-hydroxylation sites is 1. The summed E-state index contributed by atoms with van der Waals surface area (Å²) in [6.45, 7) is 1.65. The summed E-state index contributed by atoms with van der Waals surface area (Å²) in [5.41, 5.74) is -0.169. The number of halogens is 4. The first-order chi connectivity index (χ1) is 15.7. The molecular weight excluding hydrogens is 442 g/mol. The predicted molar refractivity (Wildman–Crippen MR) is 113 cm³/mol. The van der Waals surface area contributed by atoms with Crippen molar-refractivity contribution < 1.29 is 31.5 Å². The summed E-state index contributed by atoms with van der Waals surface area (Å²) in [7, 11) is 0.834. The Bertz CT molecular complexity index is 1450. The predicted octanol–water partition coefficient (Wildman–Crippen LogP) is 5.59. The maximum atomic E-state index is 14.2. The zero-order valence-corrected chi connectivity index (χ0v) is 17.3. The summed E-state index contributed by atoms with van der Waals surface area (Å²) in [5.74, 6) is -10.1. The first-order valence-corrected chi connectivity index (χ1v) is 9.58. The number of anilines is 1. The van der Waals surface area contributed by atoms with Crippen molar-refractivity contribution in [3.8, 4) is 16.9 Å². The quantitative estimate of drug-likeness (QED) is 0.247. The molecule has 1 aromatic heterocycles. The molecule has 33 heavy (non-hydrogen) atoms. The minimum Gasteiger partial charge on any atom is -0.491 e. The van der Waals surface area contributed by atoms with Crippen LogP contribution in [0.4, 0.5) is 23.2 Å². The van der Waals surface area contributed by atoms with E-state index < -0.39 is 46.1 Å². The summed E-state index contributed by atoms with van der Waals surface area (Å²) in [4.78, 5) is 24.8. The van der Waals surface area contributed by atoms with Gasteiger partial charge in [0.1, 0.15) is 11.1 Å². The van der Waals surface area contributed by atoms with E-state index in [1.165, 1.54) is 18.2 Å². The van der Waals surface area contributed by atoms with Crippen LogP contribution in [0.5, 0.6) is 5.75 Å². The highest BCUT2D eigenvalue weighted by molar-refractivity contribution is 6.05. The number of benzene rings is 3. The molecule has 1 heterocycles. The number of fused-ring (bicyclic) bond motifs is 1. The van der Waals surface area contributed by atoms with Gasteiger partial charge in [-0.2, -0.15) is 8.78 Å². The van der Waals surface area contributed by atoms with E-state index in [1.54, 1.807) is 37.3 Å². The van der Waals surface area contributed by atoms with Crippen LogP contribution < -0.4 is 15.7 Å². The maximum absolute atomic E-state index is 14.2. The van der Waals surface area contributed by atoms with Crippen molar-refractivity contribution in [3.63, 3.8) is 0 Å². The van der Waals surface area contributed by atoms with E-state index in [0.29, 0.717) is 22.1 Å². The fourth-order valence-electron chi connectivity index (χ4n) is 3.48. The van der Waals surface area contributed by atoms with E-state index in [4.69, 9.17) is 4.42 Å². The van der Waals surface area contributed by atoms with E-state index in [9.17, 15) is 27.2 Å². The molecule has 3 aromatic carbocycles. The molecule has 0 aliphatic carbocycles. The van der Waals surface area contributed by atoms with Crippen LogP contribution >= 0.6 is 0 Å². The number of rotatable bonds is 4. The van der Waals surface area contributed by atoms with E-state index >= 15 is 0 Å². The van der Waals surface area contributed by atoms with Crippen LogP contribution in [0.25, 0.3) is 22.1 Å². The topological polar surface area (TPSA) is 68.5 Å². The molecule has 9 heteroatoms. The number of methoxy groups -OCH3 is 1. The zero-order valence-electron chi connectivity index (χ0n) is 17.3. The van der Waals surface area contributed by atoms with Gasteiger partial charge in [-0.15, -0.1) is 0 Å². The molecule has 0 spiro atoms. The Hall–Kier alpha value is -4.14. The summed E-state index contributed by atoms with van der Waals surface area (Å²) >= 11 is 0. The van der Waals surface area contributed by atoms with Crippen LogP contribution in [-0.4, -0.2) is 13.0 Å². The lowest BCUT2D eigenvalue weighted by atomic mass is 10.0. The number of hydrogen-bond acceptors (Lipinski definition) is 4. The number of carbonyl (C=O) groups is 1. The number of ether oxygens (including phenoxy) is 1. The Morgan fingerprint density at radius 1 is 0.909 bits per heavy atom. The number of aryl methyl sites for hydroxylation is 1. The van der Waals surface area contributed by atoms with Crippen molar-refractivity contribution in [2.24, 2.45) is 0 Å². The molecule has 4 aromatic rings. The minimum absolute atomic E-state index is 0.0851. The van der Waals surface area contributed by atoms with Crippen LogP contribution in [0.15, 0.2) is 57.7 Å². The van der Waals surface area contributed by atoms with Crippen molar-refractivity contribution in [3.05, 3.63) is 93.3 Å². The third kappa shape index (κ3) is 3.82. The average molecular weight is 457 g/mol. The molecule has 0 fully saturated rings. The lowest BCUT2D eigenvalue weighted by molar-refractivity contribution is 0.101. The minimum atomic E-state index is -1.88. The van der Waals surface area contributed by atoms with Gasteiger partial charge in [-0.05, 0) is 42.3 Å². The largest absolute Gasteiger partial charge is 0.491 e. The lowest BCUT2D eigenvalue weighted by Gasteiger charge is -2.13. The standard InChI is InChI=1S/C24H15F4NO4/c1-11-9-13(29-23(30)17-18(25)20(27)22(32-2)21(28)19(17)26)7-8-14(11)15-10-12-5-3-4-6-16(12)33-24(15)31/h3-10H,1-2H3,(H,29,30). The molecule has 4 rings (SSSR count). The Balaban J connectivity index is 1.69. The molecule has 0 unspecified atom stereocenters. The van der Waals surface area contributed by atoms with E-state index in [2.05, 4.69) is 10.1 Å². The molecule has 0 bridgehead atoms. The summed E-state index contributed by atoms with van der Waals surface area (Å²) < 4.78 is 65.9. The maximum Gasteiger partial charge on any atom is 0.344 e. The third-order valence-corrected chi connectivity index (χ3v) is 5.07. The molecule has 5 nitrogen and oxygen atoms in total. The molecule has 0 saturated heterocycles. The first kappa shape index (κ1) is 22.1. The van der Waals surface area contributed by atoms with Gasteiger partial charge < -0.3 is 14.5 Å². The fraction of sp³-hybridized carbons (Fsp3) is 0.0833. The molecule has 1 N–H and O–H groups in total. The molecule has 1 amide bonds. The van der Waals surface area contributed by atoms with E-state index in [-0.39, 0.29) is 11.3 Å². The van der Waals surface area contributed by atoms with E-state index in [1.807, 2.05) is 0 Å².